The van der Waals surface area contributed by atoms with Crippen LogP contribution < -0.4 is 5.32 Å². The van der Waals surface area contributed by atoms with Gasteiger partial charge in [-0.25, -0.2) is 13.6 Å². The minimum atomic E-state index is -1.14. The molecule has 1 aromatic heterocycles. The van der Waals surface area contributed by atoms with Crippen molar-refractivity contribution in [2.24, 2.45) is 5.92 Å². The molecule has 1 aliphatic rings. The van der Waals surface area contributed by atoms with Gasteiger partial charge in [-0.05, 0) is 55.9 Å². The molecule has 138 valence electrons. The van der Waals surface area contributed by atoms with E-state index in [4.69, 9.17) is 4.74 Å². The van der Waals surface area contributed by atoms with E-state index in [9.17, 15) is 18.4 Å². The van der Waals surface area contributed by atoms with Crippen molar-refractivity contribution in [3.05, 3.63) is 51.2 Å². The molecule has 0 fully saturated rings. The van der Waals surface area contributed by atoms with Crippen molar-refractivity contribution in [2.75, 3.05) is 5.32 Å². The number of anilines is 1. The predicted molar refractivity (Wildman–Crippen MR) is 95.4 cm³/mol. The van der Waals surface area contributed by atoms with Crippen LogP contribution >= 0.6 is 11.3 Å². The normalized spacial score (nSPS) is 17.3. The third-order valence-electron chi connectivity index (χ3n) is 4.37. The summed E-state index contributed by atoms with van der Waals surface area (Å²) in [6.07, 6.45) is 1.85. The third kappa shape index (κ3) is 4.09. The molecule has 26 heavy (non-hydrogen) atoms. The summed E-state index contributed by atoms with van der Waals surface area (Å²) in [5, 5.41) is 2.23. The molecule has 1 amide bonds. The van der Waals surface area contributed by atoms with Crippen LogP contribution in [0.25, 0.3) is 0 Å². The summed E-state index contributed by atoms with van der Waals surface area (Å²) in [5.74, 6) is -2.16. The predicted octanol–water partition coefficient (Wildman–Crippen LogP) is 4.34. The number of fused-ring (bicyclic) bond motifs is 1. The highest BCUT2D eigenvalue weighted by Gasteiger charge is 2.24. The van der Waals surface area contributed by atoms with E-state index in [2.05, 4.69) is 12.2 Å². The molecule has 4 nitrogen and oxygen atoms in total. The van der Waals surface area contributed by atoms with E-state index in [0.717, 1.165) is 37.5 Å². The van der Waals surface area contributed by atoms with E-state index >= 15 is 0 Å². The van der Waals surface area contributed by atoms with Gasteiger partial charge in [-0.2, -0.15) is 0 Å². The van der Waals surface area contributed by atoms with Crippen molar-refractivity contribution in [1.82, 2.24) is 0 Å². The Morgan fingerprint density at radius 1 is 1.31 bits per heavy atom. The number of aryl methyl sites for hydroxylation is 1. The zero-order valence-electron chi connectivity index (χ0n) is 14.5. The van der Waals surface area contributed by atoms with Gasteiger partial charge >= 0.3 is 5.97 Å². The number of hydrogen-bond donors (Lipinski definition) is 1. The topological polar surface area (TPSA) is 55.4 Å². The summed E-state index contributed by atoms with van der Waals surface area (Å²) in [6.45, 7) is 3.57. The van der Waals surface area contributed by atoms with Gasteiger partial charge in [0.05, 0.1) is 5.69 Å². The van der Waals surface area contributed by atoms with Crippen LogP contribution in [0.5, 0.6) is 0 Å². The lowest BCUT2D eigenvalue weighted by Gasteiger charge is -2.16. The van der Waals surface area contributed by atoms with Gasteiger partial charge in [0, 0.05) is 10.9 Å². The Labute approximate surface area is 154 Å². The molecule has 0 saturated heterocycles. The summed E-state index contributed by atoms with van der Waals surface area (Å²) in [4.78, 5) is 26.1. The number of benzene rings is 1. The van der Waals surface area contributed by atoms with Crippen molar-refractivity contribution in [1.29, 1.82) is 0 Å². The first-order chi connectivity index (χ1) is 12.3. The van der Waals surface area contributed by atoms with Gasteiger partial charge in [0.2, 0.25) is 0 Å². The molecule has 2 aromatic rings. The van der Waals surface area contributed by atoms with E-state index in [-0.39, 0.29) is 5.69 Å². The van der Waals surface area contributed by atoms with Crippen LogP contribution in [0.4, 0.5) is 14.5 Å². The van der Waals surface area contributed by atoms with E-state index in [0.29, 0.717) is 10.8 Å². The summed E-state index contributed by atoms with van der Waals surface area (Å²) >= 11 is 1.39. The minimum Gasteiger partial charge on any atom is -0.448 e. The molecule has 0 bridgehead atoms. The summed E-state index contributed by atoms with van der Waals surface area (Å²) < 4.78 is 32.0. The molecule has 0 aliphatic heterocycles. The third-order valence-corrected chi connectivity index (χ3v) is 5.59. The van der Waals surface area contributed by atoms with Crippen LogP contribution in [0.15, 0.2) is 24.3 Å². The smallest absolute Gasteiger partial charge is 0.349 e. The lowest BCUT2D eigenvalue weighted by atomic mass is 9.90. The maximum absolute atomic E-state index is 13.6. The zero-order chi connectivity index (χ0) is 18.8. The molecule has 0 unspecified atom stereocenters. The second-order valence-electron chi connectivity index (χ2n) is 6.57. The molecule has 7 heteroatoms. The minimum absolute atomic E-state index is 0.293. The van der Waals surface area contributed by atoms with Crippen molar-refractivity contribution in [3.63, 3.8) is 0 Å². The molecule has 2 atom stereocenters. The fourth-order valence-corrected chi connectivity index (χ4v) is 4.00. The zero-order valence-corrected chi connectivity index (χ0v) is 15.3. The van der Waals surface area contributed by atoms with Crippen LogP contribution in [0.1, 0.15) is 40.4 Å². The molecule has 1 aliphatic carbocycles. The molecule has 1 aromatic carbocycles. The molecule has 0 spiro atoms. The molecule has 1 heterocycles. The average Bonchev–Trinajstić information content (AvgIpc) is 3.01. The number of carbonyl (C=O) groups is 2. The van der Waals surface area contributed by atoms with E-state index in [1.807, 2.05) is 6.07 Å². The highest BCUT2D eigenvalue weighted by molar-refractivity contribution is 7.14. The van der Waals surface area contributed by atoms with Gasteiger partial charge in [-0.1, -0.05) is 6.92 Å². The van der Waals surface area contributed by atoms with Gasteiger partial charge in [0.1, 0.15) is 16.5 Å². The highest BCUT2D eigenvalue weighted by Crippen LogP contribution is 2.32. The maximum atomic E-state index is 13.6. The first kappa shape index (κ1) is 18.5. The Bertz CT molecular complexity index is 849. The van der Waals surface area contributed by atoms with Crippen LogP contribution in [0, 0.1) is 17.6 Å². The number of nitrogens with one attached hydrogen (secondary N) is 1. The number of esters is 1. The molecule has 3 rings (SSSR count). The van der Waals surface area contributed by atoms with Gasteiger partial charge in [-0.15, -0.1) is 11.3 Å². The molecule has 1 N–H and O–H groups in total. The standard InChI is InChI=1S/C19H19F2NO3S/c1-10-3-6-16-12(7-10)8-17(26-16)19(24)25-11(2)18(23)22-15-9-13(20)4-5-14(15)21/h4-5,8-11H,3,6-7H2,1-2H3,(H,22,23)/t10-,11+/m0/s1. The Morgan fingerprint density at radius 3 is 2.85 bits per heavy atom. The Kier molecular flexibility index (Phi) is 5.36. The first-order valence-electron chi connectivity index (χ1n) is 8.42. The van der Waals surface area contributed by atoms with E-state index in [1.165, 1.54) is 28.7 Å². The lowest BCUT2D eigenvalue weighted by Crippen LogP contribution is -2.30. The summed E-state index contributed by atoms with van der Waals surface area (Å²) in [7, 11) is 0. The number of carbonyl (C=O) groups excluding carboxylic acids is 2. The van der Waals surface area contributed by atoms with Crippen LogP contribution in [-0.4, -0.2) is 18.0 Å². The fraction of sp³-hybridized carbons (Fsp3) is 0.368. The Balaban J connectivity index is 1.63. The number of amides is 1. The van der Waals surface area contributed by atoms with Gasteiger partial charge in [0.25, 0.3) is 5.91 Å². The van der Waals surface area contributed by atoms with Crippen molar-refractivity contribution >= 4 is 28.9 Å². The second-order valence-corrected chi connectivity index (χ2v) is 7.70. The molecular weight excluding hydrogens is 360 g/mol. The molecular formula is C19H19F2NO3S. The highest BCUT2D eigenvalue weighted by atomic mass is 32.1. The van der Waals surface area contributed by atoms with E-state index in [1.54, 1.807) is 0 Å². The van der Waals surface area contributed by atoms with Gasteiger partial charge in [0.15, 0.2) is 6.10 Å². The number of halogens is 2. The van der Waals surface area contributed by atoms with Gasteiger partial charge in [-0.3, -0.25) is 4.79 Å². The fourth-order valence-electron chi connectivity index (χ4n) is 2.91. The quantitative estimate of drug-likeness (QED) is 0.805. The number of hydrogen-bond acceptors (Lipinski definition) is 4. The lowest BCUT2D eigenvalue weighted by molar-refractivity contribution is -0.123. The van der Waals surface area contributed by atoms with Crippen molar-refractivity contribution in [2.45, 2.75) is 39.2 Å². The number of thiophene rings is 1. The van der Waals surface area contributed by atoms with Crippen LogP contribution in [0.3, 0.4) is 0 Å². The van der Waals surface area contributed by atoms with Crippen molar-refractivity contribution in [3.8, 4) is 0 Å². The second kappa shape index (κ2) is 7.53. The average molecular weight is 379 g/mol. The maximum Gasteiger partial charge on any atom is 0.349 e. The van der Waals surface area contributed by atoms with Crippen molar-refractivity contribution < 1.29 is 23.1 Å². The summed E-state index contributed by atoms with van der Waals surface area (Å²) in [5.41, 5.74) is 0.873. The molecule has 0 saturated carbocycles. The van der Waals surface area contributed by atoms with E-state index < -0.39 is 29.6 Å². The van der Waals surface area contributed by atoms with Crippen LogP contribution in [0.2, 0.25) is 0 Å². The summed E-state index contributed by atoms with van der Waals surface area (Å²) in [6, 6.07) is 4.57. The molecule has 0 radical (unpaired) electrons. The first-order valence-corrected chi connectivity index (χ1v) is 9.23. The monoisotopic (exact) mass is 379 g/mol. The SMILES string of the molecule is C[C@H]1CCc2sc(C(=O)O[C@H](C)C(=O)Nc3cc(F)ccc3F)cc2C1. The largest absolute Gasteiger partial charge is 0.448 e. The Morgan fingerprint density at radius 2 is 2.08 bits per heavy atom. The number of rotatable bonds is 4. The van der Waals surface area contributed by atoms with Gasteiger partial charge < -0.3 is 10.1 Å². The Hall–Kier alpha value is -2.28. The number of ether oxygens (including phenoxy) is 1. The van der Waals surface area contributed by atoms with Crippen LogP contribution in [-0.2, 0) is 22.4 Å².